The highest BCUT2D eigenvalue weighted by Gasteiger charge is 2.17. The minimum absolute atomic E-state index is 0.0307. The van der Waals surface area contributed by atoms with Crippen LogP contribution in [0, 0.1) is 0 Å². The number of aromatic nitrogens is 2. The molecule has 0 N–H and O–H groups in total. The summed E-state index contributed by atoms with van der Waals surface area (Å²) in [5.74, 6) is -1.39. The van der Waals surface area contributed by atoms with Gasteiger partial charge in [0.15, 0.2) is 5.16 Å². The van der Waals surface area contributed by atoms with Gasteiger partial charge in [-0.1, -0.05) is 11.8 Å². The Hall–Kier alpha value is -0.950. The number of ketones is 1. The summed E-state index contributed by atoms with van der Waals surface area (Å²) < 4.78 is 8.55. The molecule has 0 saturated carbocycles. The third-order valence-corrected chi connectivity index (χ3v) is 2.82. The molecule has 5 nitrogen and oxygen atoms in total. The molecule has 15 heavy (non-hydrogen) atoms. The molecule has 1 aromatic rings. The average Bonchev–Trinajstić information content (AvgIpc) is 2.66. The molecule has 7 heteroatoms. The van der Waals surface area contributed by atoms with E-state index in [-0.39, 0.29) is 13.0 Å². The number of Topliss-reactive ketones (excluding diaryl/α,β-unsaturated/α-hetero) is 1. The molecule has 1 heterocycles. The van der Waals surface area contributed by atoms with Crippen molar-refractivity contribution in [2.24, 2.45) is 0 Å². The Morgan fingerprint density at radius 1 is 1.53 bits per heavy atom. The Morgan fingerprint density at radius 2 is 2.27 bits per heavy atom. The lowest BCUT2D eigenvalue weighted by Crippen LogP contribution is -2.19. The van der Waals surface area contributed by atoms with E-state index < -0.39 is 11.8 Å². The van der Waals surface area contributed by atoms with Gasteiger partial charge in [-0.2, -0.15) is 4.37 Å². The quantitative estimate of drug-likeness (QED) is 0.437. The first-order chi connectivity index (χ1) is 7.17. The fourth-order valence-electron chi connectivity index (χ4n) is 0.815. The van der Waals surface area contributed by atoms with Crippen molar-refractivity contribution in [1.29, 1.82) is 0 Å². The van der Waals surface area contributed by atoms with E-state index in [1.54, 1.807) is 6.92 Å². The van der Waals surface area contributed by atoms with E-state index in [0.717, 1.165) is 11.5 Å². The highest BCUT2D eigenvalue weighted by atomic mass is 32.2. The van der Waals surface area contributed by atoms with Crippen LogP contribution in [0.5, 0.6) is 0 Å². The molecule has 0 aromatic carbocycles. The maximum Gasteiger partial charge on any atom is 0.375 e. The number of hydrogen-bond acceptors (Lipinski definition) is 7. The minimum atomic E-state index is -0.807. The van der Waals surface area contributed by atoms with Crippen molar-refractivity contribution in [3.63, 3.8) is 0 Å². The number of hydrogen-bond donors (Lipinski definition) is 0. The van der Waals surface area contributed by atoms with E-state index in [4.69, 9.17) is 0 Å². The number of ether oxygens (including phenoxy) is 1. The Bertz CT molecular complexity index is 365. The molecule has 82 valence electrons. The highest BCUT2D eigenvalue weighted by Crippen LogP contribution is 2.14. The predicted molar refractivity (Wildman–Crippen MR) is 57.0 cm³/mol. The van der Waals surface area contributed by atoms with Crippen molar-refractivity contribution in [2.75, 3.05) is 12.9 Å². The lowest BCUT2D eigenvalue weighted by molar-refractivity contribution is -0.153. The van der Waals surface area contributed by atoms with Crippen LogP contribution in [0.1, 0.15) is 11.9 Å². The van der Waals surface area contributed by atoms with Gasteiger partial charge >= 0.3 is 5.97 Å². The molecule has 0 radical (unpaired) electrons. The van der Waals surface area contributed by atoms with Gasteiger partial charge in [-0.25, -0.2) is 9.78 Å². The topological polar surface area (TPSA) is 69.2 Å². The molecule has 0 bridgehead atoms. The van der Waals surface area contributed by atoms with Crippen LogP contribution in [0.3, 0.4) is 0 Å². The molecule has 0 aliphatic heterocycles. The van der Waals surface area contributed by atoms with Crippen LogP contribution in [0.4, 0.5) is 0 Å². The third kappa shape index (κ3) is 3.60. The number of nitrogens with zero attached hydrogens (tertiary/aromatic N) is 2. The second kappa shape index (κ2) is 5.82. The Labute approximate surface area is 95.4 Å². The van der Waals surface area contributed by atoms with Crippen LogP contribution in [0.2, 0.25) is 0 Å². The van der Waals surface area contributed by atoms with Crippen LogP contribution in [0.25, 0.3) is 0 Å². The largest absolute Gasteiger partial charge is 0.460 e. The molecular weight excluding hydrogens is 236 g/mol. The standard InChI is InChI=1S/C8H10N2O3S2/c1-3-13-7(12)5(11)4-6-9-8(14-2)10-15-6/h3-4H2,1-2H3. The second-order valence-electron chi connectivity index (χ2n) is 2.50. The fraction of sp³-hybridized carbons (Fsp3) is 0.500. The summed E-state index contributed by atoms with van der Waals surface area (Å²) in [6, 6.07) is 0. The zero-order valence-electron chi connectivity index (χ0n) is 8.35. The van der Waals surface area contributed by atoms with E-state index in [2.05, 4.69) is 14.1 Å². The van der Waals surface area contributed by atoms with Crippen LogP contribution >= 0.6 is 23.3 Å². The first kappa shape index (κ1) is 12.1. The summed E-state index contributed by atoms with van der Waals surface area (Å²) in [5.41, 5.74) is 0. The third-order valence-electron chi connectivity index (χ3n) is 1.45. The normalized spacial score (nSPS) is 10.0. The van der Waals surface area contributed by atoms with E-state index in [1.165, 1.54) is 11.8 Å². The zero-order valence-corrected chi connectivity index (χ0v) is 9.98. The van der Waals surface area contributed by atoms with Crippen LogP contribution < -0.4 is 0 Å². The van der Waals surface area contributed by atoms with Gasteiger partial charge in [0, 0.05) is 0 Å². The monoisotopic (exact) mass is 246 g/mol. The first-order valence-corrected chi connectivity index (χ1v) is 6.23. The maximum absolute atomic E-state index is 11.3. The summed E-state index contributed by atoms with van der Waals surface area (Å²) in [6.45, 7) is 1.86. The van der Waals surface area contributed by atoms with Gasteiger partial charge < -0.3 is 4.74 Å². The van der Waals surface area contributed by atoms with Crippen molar-refractivity contribution in [3.8, 4) is 0 Å². The summed E-state index contributed by atoms with van der Waals surface area (Å²) in [5, 5.41) is 1.16. The molecule has 0 aliphatic rings. The lowest BCUT2D eigenvalue weighted by Gasteiger charge is -1.97. The molecule has 0 fully saturated rings. The molecule has 0 unspecified atom stereocenters. The predicted octanol–water partition coefficient (Wildman–Crippen LogP) is 0.935. The van der Waals surface area contributed by atoms with Gasteiger partial charge in [0.05, 0.1) is 13.0 Å². The molecule has 0 spiro atoms. The van der Waals surface area contributed by atoms with Gasteiger partial charge in [0.2, 0.25) is 5.78 Å². The smallest absolute Gasteiger partial charge is 0.375 e. The molecular formula is C8H10N2O3S2. The Kier molecular flexibility index (Phi) is 4.70. The fourth-order valence-corrected chi connectivity index (χ4v) is 2.03. The number of esters is 1. The van der Waals surface area contributed by atoms with Crippen molar-refractivity contribution in [2.45, 2.75) is 18.5 Å². The van der Waals surface area contributed by atoms with E-state index in [1.807, 2.05) is 6.26 Å². The van der Waals surface area contributed by atoms with Crippen LogP contribution in [-0.4, -0.2) is 34.0 Å². The number of rotatable bonds is 5. The van der Waals surface area contributed by atoms with Gasteiger partial charge in [-0.3, -0.25) is 4.79 Å². The summed E-state index contributed by atoms with van der Waals surface area (Å²) in [6.07, 6.45) is 1.82. The van der Waals surface area contributed by atoms with Gasteiger partial charge in [0.1, 0.15) is 5.01 Å². The SMILES string of the molecule is CCOC(=O)C(=O)Cc1nc(SC)ns1. The first-order valence-electron chi connectivity index (χ1n) is 4.24. The minimum Gasteiger partial charge on any atom is -0.460 e. The molecule has 0 saturated heterocycles. The zero-order chi connectivity index (χ0) is 11.3. The van der Waals surface area contributed by atoms with E-state index >= 15 is 0 Å². The molecule has 0 amide bonds. The summed E-state index contributed by atoms with van der Waals surface area (Å²) >= 11 is 2.52. The second-order valence-corrected chi connectivity index (χ2v) is 4.11. The van der Waals surface area contributed by atoms with Crippen molar-refractivity contribution in [1.82, 2.24) is 9.36 Å². The van der Waals surface area contributed by atoms with Crippen LogP contribution in [0.15, 0.2) is 5.16 Å². The van der Waals surface area contributed by atoms with E-state index in [9.17, 15) is 9.59 Å². The molecule has 0 atom stereocenters. The number of thioether (sulfide) groups is 1. The van der Waals surface area contributed by atoms with Crippen molar-refractivity contribution >= 4 is 35.0 Å². The molecule has 1 rings (SSSR count). The molecule has 1 aromatic heterocycles. The highest BCUT2D eigenvalue weighted by molar-refractivity contribution is 7.98. The number of carbonyl (C=O) groups is 2. The molecule has 0 aliphatic carbocycles. The lowest BCUT2D eigenvalue weighted by atomic mass is 10.3. The van der Waals surface area contributed by atoms with Gasteiger partial charge in [-0.15, -0.1) is 0 Å². The number of carbonyl (C=O) groups excluding carboxylic acids is 2. The summed E-state index contributed by atoms with van der Waals surface area (Å²) in [4.78, 5) is 26.3. The van der Waals surface area contributed by atoms with E-state index in [0.29, 0.717) is 10.2 Å². The Morgan fingerprint density at radius 3 is 2.80 bits per heavy atom. The summed E-state index contributed by atoms with van der Waals surface area (Å²) in [7, 11) is 0. The van der Waals surface area contributed by atoms with Crippen molar-refractivity contribution in [3.05, 3.63) is 5.01 Å². The average molecular weight is 246 g/mol. The van der Waals surface area contributed by atoms with Gasteiger partial charge in [0.25, 0.3) is 0 Å². The van der Waals surface area contributed by atoms with Crippen LogP contribution in [-0.2, 0) is 20.7 Å². The Balaban J connectivity index is 2.54. The maximum atomic E-state index is 11.3. The van der Waals surface area contributed by atoms with Crippen molar-refractivity contribution < 1.29 is 14.3 Å². The van der Waals surface area contributed by atoms with Gasteiger partial charge in [-0.05, 0) is 24.7 Å².